The zero-order valence-electron chi connectivity index (χ0n) is 16.3. The third-order valence-corrected chi connectivity index (χ3v) is 4.95. The van der Waals surface area contributed by atoms with Crippen molar-refractivity contribution in [2.75, 3.05) is 0 Å². The third-order valence-electron chi connectivity index (χ3n) is 4.95. The quantitative estimate of drug-likeness (QED) is 0.708. The Morgan fingerprint density at radius 1 is 1.21 bits per heavy atom. The molecule has 7 nitrogen and oxygen atoms in total. The molecule has 3 rings (SSSR count). The Labute approximate surface area is 162 Å². The summed E-state index contributed by atoms with van der Waals surface area (Å²) >= 11 is 0. The van der Waals surface area contributed by atoms with E-state index in [2.05, 4.69) is 5.32 Å². The lowest BCUT2D eigenvalue weighted by Gasteiger charge is -2.20. The number of hydrogen-bond acceptors (Lipinski definition) is 5. The predicted molar refractivity (Wildman–Crippen MR) is 104 cm³/mol. The lowest BCUT2D eigenvalue weighted by molar-refractivity contribution is -0.143. The number of fused-ring (bicyclic) bond motifs is 3. The summed E-state index contributed by atoms with van der Waals surface area (Å²) in [4.78, 5) is 35.8. The minimum atomic E-state index is -1.07. The monoisotopic (exact) mass is 387 g/mol. The molecule has 0 spiro atoms. The summed E-state index contributed by atoms with van der Waals surface area (Å²) in [6.07, 6.45) is 1.97. The van der Waals surface area contributed by atoms with Gasteiger partial charge < -0.3 is 19.6 Å². The molecule has 0 saturated heterocycles. The smallest absolute Gasteiger partial charge is 0.339 e. The van der Waals surface area contributed by atoms with Crippen molar-refractivity contribution in [3.8, 4) is 5.75 Å². The molecule has 28 heavy (non-hydrogen) atoms. The Morgan fingerprint density at radius 3 is 2.61 bits per heavy atom. The molecule has 1 aliphatic rings. The highest BCUT2D eigenvalue weighted by Crippen LogP contribution is 2.29. The van der Waals surface area contributed by atoms with Gasteiger partial charge in [-0.1, -0.05) is 13.8 Å². The number of carbonyl (C=O) groups is 2. The number of hydrogen-bond donors (Lipinski definition) is 2. The van der Waals surface area contributed by atoms with Gasteiger partial charge in [0.15, 0.2) is 6.10 Å². The molecule has 1 aliphatic carbocycles. The van der Waals surface area contributed by atoms with E-state index in [1.54, 1.807) is 19.1 Å². The highest BCUT2D eigenvalue weighted by molar-refractivity contribution is 5.87. The average Bonchev–Trinajstić information content (AvgIpc) is 3.11. The number of nitrogens with one attached hydrogen (secondary N) is 1. The summed E-state index contributed by atoms with van der Waals surface area (Å²) in [6.45, 7) is 5.33. The average molecular weight is 387 g/mol. The zero-order valence-corrected chi connectivity index (χ0v) is 16.3. The second-order valence-electron chi connectivity index (χ2n) is 7.65. The molecule has 1 aromatic carbocycles. The van der Waals surface area contributed by atoms with Crippen LogP contribution in [0.2, 0.25) is 0 Å². The number of benzene rings is 1. The minimum Gasteiger partial charge on any atom is -0.481 e. The topological polar surface area (TPSA) is 106 Å². The Bertz CT molecular complexity index is 961. The van der Waals surface area contributed by atoms with Crippen LogP contribution in [0.1, 0.15) is 44.7 Å². The van der Waals surface area contributed by atoms with Gasteiger partial charge in [-0.3, -0.25) is 4.79 Å². The van der Waals surface area contributed by atoms with Crippen molar-refractivity contribution in [1.82, 2.24) is 5.32 Å². The van der Waals surface area contributed by atoms with E-state index < -0.39 is 24.0 Å². The van der Waals surface area contributed by atoms with Crippen molar-refractivity contribution in [2.24, 2.45) is 5.92 Å². The maximum absolute atomic E-state index is 12.3. The largest absolute Gasteiger partial charge is 0.481 e. The normalized spacial score (nSPS) is 15.3. The van der Waals surface area contributed by atoms with E-state index in [0.29, 0.717) is 17.8 Å². The van der Waals surface area contributed by atoms with Crippen LogP contribution in [0.3, 0.4) is 0 Å². The second-order valence-corrected chi connectivity index (χ2v) is 7.65. The zero-order chi connectivity index (χ0) is 20.4. The first-order chi connectivity index (χ1) is 13.3. The number of rotatable bonds is 7. The summed E-state index contributed by atoms with van der Waals surface area (Å²) in [6, 6.07) is 4.20. The van der Waals surface area contributed by atoms with Crippen molar-refractivity contribution in [2.45, 2.75) is 58.6 Å². The Kier molecular flexibility index (Phi) is 5.72. The molecule has 1 heterocycles. The van der Waals surface area contributed by atoms with E-state index >= 15 is 0 Å². The number of aryl methyl sites for hydroxylation is 1. The molecule has 1 amide bonds. The van der Waals surface area contributed by atoms with Gasteiger partial charge in [0.2, 0.25) is 0 Å². The van der Waals surface area contributed by atoms with Crippen molar-refractivity contribution in [1.29, 1.82) is 0 Å². The molecule has 2 aromatic rings. The third kappa shape index (κ3) is 4.18. The molecule has 0 aliphatic heterocycles. The molecule has 2 unspecified atom stereocenters. The standard InChI is InChI=1S/C21H25NO6/c1-11(2)9-17(20(24)25)22-19(23)12(3)27-13-7-8-15-14-5-4-6-16(14)21(26)28-18(15)10-13/h7-8,10-12,17H,4-6,9H2,1-3H3,(H,22,23)(H,24,25). The van der Waals surface area contributed by atoms with Crippen molar-refractivity contribution in [3.63, 3.8) is 0 Å². The van der Waals surface area contributed by atoms with E-state index in [0.717, 1.165) is 35.8 Å². The van der Waals surface area contributed by atoms with Crippen LogP contribution in [-0.2, 0) is 22.4 Å². The summed E-state index contributed by atoms with van der Waals surface area (Å²) in [5, 5.41) is 12.7. The number of amides is 1. The van der Waals surface area contributed by atoms with E-state index in [4.69, 9.17) is 9.15 Å². The number of aliphatic carboxylic acids is 1. The number of ether oxygens (including phenoxy) is 1. The van der Waals surface area contributed by atoms with Gasteiger partial charge >= 0.3 is 11.6 Å². The van der Waals surface area contributed by atoms with Crippen LogP contribution in [0.5, 0.6) is 5.75 Å². The lowest BCUT2D eigenvalue weighted by atomic mass is 10.0. The Hall–Kier alpha value is -2.83. The summed E-state index contributed by atoms with van der Waals surface area (Å²) in [5.74, 6) is -1.08. The van der Waals surface area contributed by atoms with Gasteiger partial charge in [-0.05, 0) is 56.2 Å². The minimum absolute atomic E-state index is 0.128. The van der Waals surface area contributed by atoms with Gasteiger partial charge in [-0.25, -0.2) is 9.59 Å². The number of carboxylic acids is 1. The molecule has 2 atom stereocenters. The Morgan fingerprint density at radius 2 is 1.93 bits per heavy atom. The van der Waals surface area contributed by atoms with Gasteiger partial charge in [-0.2, -0.15) is 0 Å². The number of carboxylic acid groups (broad SMARTS) is 1. The van der Waals surface area contributed by atoms with Crippen molar-refractivity contribution in [3.05, 3.63) is 39.7 Å². The molecule has 7 heteroatoms. The van der Waals surface area contributed by atoms with Crippen molar-refractivity contribution < 1.29 is 23.8 Å². The van der Waals surface area contributed by atoms with Crippen LogP contribution in [0.15, 0.2) is 27.4 Å². The van der Waals surface area contributed by atoms with E-state index in [-0.39, 0.29) is 11.5 Å². The first-order valence-corrected chi connectivity index (χ1v) is 9.54. The SMILES string of the molecule is CC(C)CC(NC(=O)C(C)Oc1ccc2c3c(c(=O)oc2c1)CCC3)C(=O)O. The fourth-order valence-corrected chi connectivity index (χ4v) is 3.58. The maximum Gasteiger partial charge on any atom is 0.339 e. The first kappa shape index (κ1) is 19.9. The van der Waals surface area contributed by atoms with E-state index in [9.17, 15) is 19.5 Å². The van der Waals surface area contributed by atoms with Gasteiger partial charge in [0.1, 0.15) is 17.4 Å². The van der Waals surface area contributed by atoms with Crippen LogP contribution < -0.4 is 15.7 Å². The molecule has 1 aromatic heterocycles. The number of carbonyl (C=O) groups excluding carboxylic acids is 1. The van der Waals surface area contributed by atoms with Crippen LogP contribution in [0, 0.1) is 5.92 Å². The van der Waals surface area contributed by atoms with E-state index in [1.807, 2.05) is 19.9 Å². The Balaban J connectivity index is 1.75. The van der Waals surface area contributed by atoms with Crippen LogP contribution in [-0.4, -0.2) is 29.1 Å². The fourth-order valence-electron chi connectivity index (χ4n) is 3.58. The predicted octanol–water partition coefficient (Wildman–Crippen LogP) is 2.66. The van der Waals surface area contributed by atoms with Gasteiger partial charge in [0.05, 0.1) is 0 Å². The first-order valence-electron chi connectivity index (χ1n) is 9.54. The van der Waals surface area contributed by atoms with Crippen molar-refractivity contribution >= 4 is 22.8 Å². The molecular formula is C21H25NO6. The highest BCUT2D eigenvalue weighted by Gasteiger charge is 2.25. The molecule has 0 fully saturated rings. The van der Waals surface area contributed by atoms with Gasteiger partial charge in [0.25, 0.3) is 5.91 Å². The second kappa shape index (κ2) is 8.04. The summed E-state index contributed by atoms with van der Waals surface area (Å²) in [7, 11) is 0. The van der Waals surface area contributed by atoms with Gasteiger partial charge in [0, 0.05) is 17.0 Å². The van der Waals surface area contributed by atoms with Gasteiger partial charge in [-0.15, -0.1) is 0 Å². The summed E-state index contributed by atoms with van der Waals surface area (Å²) in [5.41, 5.74) is 1.89. The molecule has 0 saturated carbocycles. The molecule has 2 N–H and O–H groups in total. The molecular weight excluding hydrogens is 362 g/mol. The lowest BCUT2D eigenvalue weighted by Crippen LogP contribution is -2.46. The molecule has 150 valence electrons. The maximum atomic E-state index is 12.3. The van der Waals surface area contributed by atoms with Crippen LogP contribution >= 0.6 is 0 Å². The summed E-state index contributed by atoms with van der Waals surface area (Å²) < 4.78 is 11.1. The fraction of sp³-hybridized carbons (Fsp3) is 0.476. The highest BCUT2D eigenvalue weighted by atomic mass is 16.5. The molecule has 0 bridgehead atoms. The van der Waals surface area contributed by atoms with Crippen LogP contribution in [0.4, 0.5) is 0 Å². The van der Waals surface area contributed by atoms with Crippen LogP contribution in [0.25, 0.3) is 11.0 Å². The van der Waals surface area contributed by atoms with E-state index in [1.165, 1.54) is 0 Å². The molecule has 0 radical (unpaired) electrons.